The van der Waals surface area contributed by atoms with Crippen LogP contribution in [0.4, 0.5) is 8.78 Å². The number of ether oxygens (including phenoxy) is 1. The van der Waals surface area contributed by atoms with Gasteiger partial charge in [-0.1, -0.05) is 6.07 Å². The third-order valence-electron chi connectivity index (χ3n) is 3.03. The van der Waals surface area contributed by atoms with Gasteiger partial charge in [-0.25, -0.2) is 8.78 Å². The number of ketones is 1. The first-order valence-corrected chi connectivity index (χ1v) is 6.58. The number of pyridine rings is 1. The smallest absolute Gasteiger partial charge is 0.191 e. The fourth-order valence-electron chi connectivity index (χ4n) is 1.85. The average Bonchev–Trinajstić information content (AvgIpc) is 2.50. The summed E-state index contributed by atoms with van der Waals surface area (Å²) in [5.41, 5.74) is 0.962. The molecule has 3 nitrogen and oxygen atoms in total. The SMILES string of the molecule is CC(OCCc1ccccn1)C(=O)c1ccc(F)c(F)c1. The Labute approximate surface area is 121 Å². The molecule has 1 unspecified atom stereocenters. The van der Waals surface area contributed by atoms with Crippen molar-refractivity contribution in [2.45, 2.75) is 19.4 Å². The zero-order chi connectivity index (χ0) is 15.2. The number of nitrogens with zero attached hydrogens (tertiary/aromatic N) is 1. The maximum atomic E-state index is 13.1. The van der Waals surface area contributed by atoms with Crippen molar-refractivity contribution in [1.82, 2.24) is 4.98 Å². The lowest BCUT2D eigenvalue weighted by Gasteiger charge is -2.12. The Morgan fingerprint density at radius 3 is 2.71 bits per heavy atom. The van der Waals surface area contributed by atoms with Gasteiger partial charge in [-0.3, -0.25) is 9.78 Å². The molecule has 0 N–H and O–H groups in total. The molecule has 0 aliphatic heterocycles. The van der Waals surface area contributed by atoms with Gasteiger partial charge in [0.15, 0.2) is 17.4 Å². The minimum Gasteiger partial charge on any atom is -0.370 e. The van der Waals surface area contributed by atoms with Gasteiger partial charge in [-0.2, -0.15) is 0 Å². The molecule has 0 aliphatic carbocycles. The van der Waals surface area contributed by atoms with E-state index in [1.807, 2.05) is 18.2 Å². The highest BCUT2D eigenvalue weighted by atomic mass is 19.2. The number of carbonyl (C=O) groups is 1. The van der Waals surface area contributed by atoms with Crippen LogP contribution in [0.25, 0.3) is 0 Å². The van der Waals surface area contributed by atoms with E-state index in [4.69, 9.17) is 4.74 Å². The number of Topliss-reactive ketones (excluding diaryl/α,β-unsaturated/α-hetero) is 1. The predicted octanol–water partition coefficient (Wildman–Crippen LogP) is 3.19. The summed E-state index contributed by atoms with van der Waals surface area (Å²) >= 11 is 0. The largest absolute Gasteiger partial charge is 0.370 e. The number of halogens is 2. The summed E-state index contributed by atoms with van der Waals surface area (Å²) in [4.78, 5) is 16.2. The lowest BCUT2D eigenvalue weighted by Crippen LogP contribution is -2.22. The molecule has 0 amide bonds. The first kappa shape index (κ1) is 15.3. The zero-order valence-electron chi connectivity index (χ0n) is 11.6. The number of carbonyl (C=O) groups excluding carboxylic acids is 1. The third kappa shape index (κ3) is 4.16. The minimum atomic E-state index is -1.04. The van der Waals surface area contributed by atoms with Crippen molar-refractivity contribution in [3.05, 3.63) is 65.5 Å². The number of hydrogen-bond acceptors (Lipinski definition) is 3. The average molecular weight is 291 g/mol. The Balaban J connectivity index is 1.89. The monoisotopic (exact) mass is 291 g/mol. The van der Waals surface area contributed by atoms with E-state index in [1.165, 1.54) is 6.07 Å². The van der Waals surface area contributed by atoms with Crippen LogP contribution in [0.2, 0.25) is 0 Å². The van der Waals surface area contributed by atoms with Gasteiger partial charge in [0.2, 0.25) is 0 Å². The van der Waals surface area contributed by atoms with Crippen LogP contribution in [0.15, 0.2) is 42.6 Å². The highest BCUT2D eigenvalue weighted by Gasteiger charge is 2.17. The van der Waals surface area contributed by atoms with E-state index >= 15 is 0 Å². The molecule has 0 fully saturated rings. The van der Waals surface area contributed by atoms with Crippen molar-refractivity contribution in [3.8, 4) is 0 Å². The summed E-state index contributed by atoms with van der Waals surface area (Å²) < 4.78 is 31.4. The van der Waals surface area contributed by atoms with E-state index in [9.17, 15) is 13.6 Å². The maximum Gasteiger partial charge on any atom is 0.191 e. The van der Waals surface area contributed by atoms with Crippen LogP contribution in [0.5, 0.6) is 0 Å². The van der Waals surface area contributed by atoms with E-state index in [1.54, 1.807) is 13.1 Å². The van der Waals surface area contributed by atoms with Crippen molar-refractivity contribution >= 4 is 5.78 Å². The van der Waals surface area contributed by atoms with Crippen molar-refractivity contribution in [2.24, 2.45) is 0 Å². The lowest BCUT2D eigenvalue weighted by molar-refractivity contribution is 0.0484. The number of benzene rings is 1. The molecule has 2 rings (SSSR count). The Kier molecular flexibility index (Phi) is 5.11. The second-order valence-electron chi connectivity index (χ2n) is 4.58. The molecule has 21 heavy (non-hydrogen) atoms. The molecule has 1 atom stereocenters. The summed E-state index contributed by atoms with van der Waals surface area (Å²) in [5, 5.41) is 0. The molecule has 1 heterocycles. The van der Waals surface area contributed by atoms with Crippen molar-refractivity contribution in [1.29, 1.82) is 0 Å². The van der Waals surface area contributed by atoms with Crippen molar-refractivity contribution in [3.63, 3.8) is 0 Å². The highest BCUT2D eigenvalue weighted by molar-refractivity contribution is 5.99. The molecule has 5 heteroatoms. The van der Waals surface area contributed by atoms with E-state index < -0.39 is 17.7 Å². The van der Waals surface area contributed by atoms with Gasteiger partial charge in [0.25, 0.3) is 0 Å². The van der Waals surface area contributed by atoms with Gasteiger partial charge in [0, 0.05) is 23.9 Å². The summed E-state index contributed by atoms with van der Waals surface area (Å²) in [6.45, 7) is 1.91. The van der Waals surface area contributed by atoms with Crippen LogP contribution in [-0.2, 0) is 11.2 Å². The van der Waals surface area contributed by atoms with Crippen molar-refractivity contribution in [2.75, 3.05) is 6.61 Å². The summed E-state index contributed by atoms with van der Waals surface area (Å²) in [6, 6.07) is 8.63. The Hall–Kier alpha value is -2.14. The van der Waals surface area contributed by atoms with Gasteiger partial charge in [0.05, 0.1) is 6.61 Å². The molecule has 0 spiro atoms. The second-order valence-corrected chi connectivity index (χ2v) is 4.58. The Bertz CT molecular complexity index is 617. The molecule has 110 valence electrons. The number of hydrogen-bond donors (Lipinski definition) is 0. The molecule has 0 saturated carbocycles. The summed E-state index contributed by atoms with van der Waals surface area (Å²) in [6.07, 6.45) is 1.54. The highest BCUT2D eigenvalue weighted by Crippen LogP contribution is 2.12. The summed E-state index contributed by atoms with van der Waals surface area (Å²) in [7, 11) is 0. The molecule has 2 aromatic rings. The summed E-state index contributed by atoms with van der Waals surface area (Å²) in [5.74, 6) is -2.40. The molecule has 0 saturated heterocycles. The predicted molar refractivity (Wildman–Crippen MR) is 74.0 cm³/mol. The second kappa shape index (κ2) is 7.04. The van der Waals surface area contributed by atoms with Gasteiger partial charge in [0.1, 0.15) is 6.10 Å². The maximum absolute atomic E-state index is 13.1. The van der Waals surface area contributed by atoms with E-state index in [2.05, 4.69) is 4.98 Å². The number of rotatable bonds is 6. The first-order chi connectivity index (χ1) is 10.1. The zero-order valence-corrected chi connectivity index (χ0v) is 11.6. The minimum absolute atomic E-state index is 0.0965. The van der Waals surface area contributed by atoms with Gasteiger partial charge in [-0.05, 0) is 37.3 Å². The lowest BCUT2D eigenvalue weighted by atomic mass is 10.1. The fraction of sp³-hybridized carbons (Fsp3) is 0.250. The molecule has 1 aromatic heterocycles. The van der Waals surface area contributed by atoms with E-state index in [0.29, 0.717) is 13.0 Å². The van der Waals surface area contributed by atoms with Crippen LogP contribution in [0, 0.1) is 11.6 Å². The molecule has 0 aliphatic rings. The normalized spacial score (nSPS) is 12.1. The van der Waals surface area contributed by atoms with Crippen molar-refractivity contribution < 1.29 is 18.3 Å². The van der Waals surface area contributed by atoms with Crippen LogP contribution >= 0.6 is 0 Å². The van der Waals surface area contributed by atoms with Crippen LogP contribution < -0.4 is 0 Å². The quantitative estimate of drug-likeness (QED) is 0.767. The molecule has 0 bridgehead atoms. The van der Waals surface area contributed by atoms with Gasteiger partial charge >= 0.3 is 0 Å². The standard InChI is InChI=1S/C16H15F2NO2/c1-11(21-9-7-13-4-2-3-8-19-13)16(20)12-5-6-14(17)15(18)10-12/h2-6,8,10-11H,7,9H2,1H3. The first-order valence-electron chi connectivity index (χ1n) is 6.58. The van der Waals surface area contributed by atoms with Gasteiger partial charge < -0.3 is 4.74 Å². The van der Waals surface area contributed by atoms with Crippen LogP contribution in [0.3, 0.4) is 0 Å². The molecular weight excluding hydrogens is 276 g/mol. The van der Waals surface area contributed by atoms with Crippen LogP contribution in [0.1, 0.15) is 23.0 Å². The topological polar surface area (TPSA) is 39.2 Å². The van der Waals surface area contributed by atoms with E-state index in [0.717, 1.165) is 17.8 Å². The molecular formula is C16H15F2NO2. The van der Waals surface area contributed by atoms with Crippen LogP contribution in [-0.4, -0.2) is 23.5 Å². The molecule has 0 radical (unpaired) electrons. The fourth-order valence-corrected chi connectivity index (χ4v) is 1.85. The number of aromatic nitrogens is 1. The van der Waals surface area contributed by atoms with E-state index in [-0.39, 0.29) is 11.3 Å². The molecule has 1 aromatic carbocycles. The van der Waals surface area contributed by atoms with Gasteiger partial charge in [-0.15, -0.1) is 0 Å². The Morgan fingerprint density at radius 2 is 2.05 bits per heavy atom. The third-order valence-corrected chi connectivity index (χ3v) is 3.03. The Morgan fingerprint density at radius 1 is 1.24 bits per heavy atom.